The second-order valence-corrected chi connectivity index (χ2v) is 10.8. The van der Waals surface area contributed by atoms with Crippen LogP contribution in [0.15, 0.2) is 36.4 Å². The number of hydrogen-bond donors (Lipinski definition) is 0. The van der Waals surface area contributed by atoms with Gasteiger partial charge in [-0.3, -0.25) is 9.59 Å². The predicted octanol–water partition coefficient (Wildman–Crippen LogP) is 9.01. The lowest BCUT2D eigenvalue weighted by molar-refractivity contribution is -0.161. The number of benzene rings is 2. The number of carbonyl (C=O) groups is 2. The molecule has 1 aliphatic rings. The molecule has 230 valence electrons. The number of rotatable bonds is 8. The summed E-state index contributed by atoms with van der Waals surface area (Å²) < 4.78 is 137. The zero-order valence-corrected chi connectivity index (χ0v) is 23.0. The van der Waals surface area contributed by atoms with Gasteiger partial charge in [0.05, 0.1) is 11.0 Å². The van der Waals surface area contributed by atoms with Crippen LogP contribution in [0.4, 0.5) is 43.9 Å². The van der Waals surface area contributed by atoms with E-state index in [-0.39, 0.29) is 41.1 Å². The van der Waals surface area contributed by atoms with E-state index in [4.69, 9.17) is 11.6 Å². The van der Waals surface area contributed by atoms with E-state index >= 15 is 4.39 Å². The van der Waals surface area contributed by atoms with E-state index in [1.807, 2.05) is 0 Å². The van der Waals surface area contributed by atoms with Gasteiger partial charge in [-0.2, -0.15) is 39.5 Å². The largest absolute Gasteiger partial charge is 0.417 e. The van der Waals surface area contributed by atoms with Crippen LogP contribution in [-0.4, -0.2) is 42.5 Å². The molecule has 3 rings (SSSR count). The Morgan fingerprint density at radius 3 is 1.98 bits per heavy atom. The molecule has 1 aliphatic carbocycles. The van der Waals surface area contributed by atoms with Crippen molar-refractivity contribution >= 4 is 29.1 Å². The van der Waals surface area contributed by atoms with Crippen molar-refractivity contribution in [2.75, 3.05) is 13.6 Å². The van der Waals surface area contributed by atoms with E-state index in [9.17, 15) is 49.1 Å². The number of Topliss-reactive ketones (excluding diaryl/α,β-unsaturated/α-hetero) is 1. The van der Waals surface area contributed by atoms with Crippen molar-refractivity contribution in [1.82, 2.24) is 4.90 Å². The molecule has 1 amide bonds. The Kier molecular flexibility index (Phi) is 9.18. The third-order valence-corrected chi connectivity index (χ3v) is 7.55. The molecule has 3 nitrogen and oxygen atoms in total. The normalized spacial score (nSPS) is 16.3. The monoisotopic (exact) mass is 631 g/mol. The highest BCUT2D eigenvalue weighted by molar-refractivity contribution is 6.32. The minimum atomic E-state index is -5.26. The molecule has 2 aromatic rings. The third kappa shape index (κ3) is 7.64. The average molecular weight is 632 g/mol. The molecule has 0 spiro atoms. The first-order valence-electron chi connectivity index (χ1n) is 12.3. The highest BCUT2D eigenvalue weighted by Crippen LogP contribution is 2.51. The molecular weight excluding hydrogens is 608 g/mol. The van der Waals surface area contributed by atoms with Gasteiger partial charge in [-0.25, -0.2) is 4.39 Å². The lowest BCUT2D eigenvalue weighted by atomic mass is 9.90. The average Bonchev–Trinajstić information content (AvgIpc) is 3.62. The molecule has 42 heavy (non-hydrogen) atoms. The van der Waals surface area contributed by atoms with Crippen molar-refractivity contribution in [3.8, 4) is 0 Å². The van der Waals surface area contributed by atoms with Crippen molar-refractivity contribution in [3.63, 3.8) is 0 Å². The maximum atomic E-state index is 15.1. The molecule has 2 aromatic carbocycles. The van der Waals surface area contributed by atoms with E-state index in [2.05, 4.69) is 0 Å². The van der Waals surface area contributed by atoms with Crippen molar-refractivity contribution in [2.24, 2.45) is 5.41 Å². The number of aryl methyl sites for hydroxylation is 2. The Balaban J connectivity index is 1.97. The van der Waals surface area contributed by atoms with Crippen molar-refractivity contribution in [3.05, 3.63) is 74.8 Å². The highest BCUT2D eigenvalue weighted by atomic mass is 35.5. The molecule has 0 aromatic heterocycles. The summed E-state index contributed by atoms with van der Waals surface area (Å²) in [6, 6.07) is 3.62. The van der Waals surface area contributed by atoms with E-state index in [0.717, 1.165) is 19.2 Å². The maximum absolute atomic E-state index is 15.1. The predicted molar refractivity (Wildman–Crippen MR) is 135 cm³/mol. The van der Waals surface area contributed by atoms with E-state index in [1.165, 1.54) is 13.8 Å². The minimum Gasteiger partial charge on any atom is -0.336 e. The van der Waals surface area contributed by atoms with Gasteiger partial charge in [0, 0.05) is 29.6 Å². The Morgan fingerprint density at radius 1 is 0.976 bits per heavy atom. The molecule has 0 bridgehead atoms. The smallest absolute Gasteiger partial charge is 0.336 e. The second kappa shape index (κ2) is 11.5. The van der Waals surface area contributed by atoms with Crippen molar-refractivity contribution < 1.29 is 53.5 Å². The van der Waals surface area contributed by atoms with E-state index < -0.39 is 82.6 Å². The molecule has 0 radical (unpaired) electrons. The standard InChI is InChI=1S/C28H24ClF10NO2/c1-14-8-17(9-15(2)23(14)29)19(27(34,35)36)11-21(30)16-4-5-18(20(10-16)28(37,38)39)22(41)12-25(6-7-25)24(42)40(3)13-26(31,32)33/h4-5,8-11,19H,6-7,12-13H2,1-3H3/b21-11-. The highest BCUT2D eigenvalue weighted by Gasteiger charge is 2.54. The fraction of sp³-hybridized carbons (Fsp3) is 0.429. The van der Waals surface area contributed by atoms with Gasteiger partial charge in [0.25, 0.3) is 0 Å². The molecule has 1 saturated carbocycles. The Morgan fingerprint density at radius 2 is 1.52 bits per heavy atom. The number of carbonyl (C=O) groups excluding carboxylic acids is 2. The van der Waals surface area contributed by atoms with Crippen molar-refractivity contribution in [2.45, 2.75) is 57.6 Å². The van der Waals surface area contributed by atoms with Crippen LogP contribution in [0, 0.1) is 19.3 Å². The van der Waals surface area contributed by atoms with Crippen LogP contribution in [0.5, 0.6) is 0 Å². The quantitative estimate of drug-likeness (QED) is 0.215. The van der Waals surface area contributed by atoms with Crippen LogP contribution in [0.3, 0.4) is 0 Å². The summed E-state index contributed by atoms with van der Waals surface area (Å²) in [7, 11) is 0.853. The summed E-state index contributed by atoms with van der Waals surface area (Å²) in [6.45, 7) is 1.25. The molecule has 0 aliphatic heterocycles. The van der Waals surface area contributed by atoms with Crippen LogP contribution in [0.25, 0.3) is 5.83 Å². The number of amides is 1. The fourth-order valence-electron chi connectivity index (χ4n) is 4.72. The molecule has 0 N–H and O–H groups in total. The molecule has 1 unspecified atom stereocenters. The lowest BCUT2D eigenvalue weighted by Crippen LogP contribution is -2.41. The molecular formula is C28H24ClF10NO2. The Bertz CT molecular complexity index is 1380. The van der Waals surface area contributed by atoms with Crippen LogP contribution < -0.4 is 0 Å². The minimum absolute atomic E-state index is 0.0287. The number of hydrogen-bond acceptors (Lipinski definition) is 2. The molecule has 0 saturated heterocycles. The van der Waals surface area contributed by atoms with E-state index in [1.54, 1.807) is 0 Å². The number of halogens is 11. The Hall–Kier alpha value is -3.09. The summed E-state index contributed by atoms with van der Waals surface area (Å²) in [6.07, 6.45) is -15.8. The van der Waals surface area contributed by atoms with Gasteiger partial charge in [0.15, 0.2) is 5.78 Å². The molecule has 1 atom stereocenters. The molecule has 14 heteroatoms. The van der Waals surface area contributed by atoms with Gasteiger partial charge < -0.3 is 4.90 Å². The summed E-state index contributed by atoms with van der Waals surface area (Å²) in [5, 5.41) is 0.195. The SMILES string of the molecule is Cc1cc(C(/C=C(\F)c2ccc(C(=O)CC3(C(=O)N(C)CC(F)(F)F)CC3)c(C(F)(F)F)c2)C(F)(F)F)cc(C)c1Cl. The number of nitrogens with zero attached hydrogens (tertiary/aromatic N) is 1. The first-order valence-corrected chi connectivity index (χ1v) is 12.7. The number of alkyl halides is 9. The van der Waals surface area contributed by atoms with Crippen LogP contribution in [0.2, 0.25) is 5.02 Å². The third-order valence-electron chi connectivity index (χ3n) is 6.95. The van der Waals surface area contributed by atoms with Gasteiger partial charge in [0.1, 0.15) is 18.3 Å². The van der Waals surface area contributed by atoms with Crippen LogP contribution >= 0.6 is 11.6 Å². The molecule has 1 fully saturated rings. The zero-order valence-electron chi connectivity index (χ0n) is 22.3. The topological polar surface area (TPSA) is 37.4 Å². The van der Waals surface area contributed by atoms with Gasteiger partial charge in [0.2, 0.25) is 5.91 Å². The molecule has 0 heterocycles. The summed E-state index contributed by atoms with van der Waals surface area (Å²) in [5.74, 6) is -6.48. The van der Waals surface area contributed by atoms with Gasteiger partial charge in [-0.1, -0.05) is 35.9 Å². The van der Waals surface area contributed by atoms with Gasteiger partial charge in [-0.05, 0) is 55.5 Å². The van der Waals surface area contributed by atoms with Crippen LogP contribution in [0.1, 0.15) is 63.4 Å². The maximum Gasteiger partial charge on any atom is 0.417 e. The lowest BCUT2D eigenvalue weighted by Gasteiger charge is -2.24. The summed E-state index contributed by atoms with van der Waals surface area (Å²) >= 11 is 6.00. The first-order chi connectivity index (χ1) is 19.1. The summed E-state index contributed by atoms with van der Waals surface area (Å²) in [4.78, 5) is 25.8. The van der Waals surface area contributed by atoms with Crippen LogP contribution in [-0.2, 0) is 11.0 Å². The summed E-state index contributed by atoms with van der Waals surface area (Å²) in [5.41, 5.74) is -5.01. The Labute approximate surface area is 239 Å². The van der Waals surface area contributed by atoms with Crippen molar-refractivity contribution in [1.29, 1.82) is 0 Å². The number of ketones is 1. The van der Waals surface area contributed by atoms with Gasteiger partial charge in [-0.15, -0.1) is 0 Å². The van der Waals surface area contributed by atoms with Gasteiger partial charge >= 0.3 is 18.5 Å². The van der Waals surface area contributed by atoms with E-state index in [0.29, 0.717) is 17.0 Å². The fourth-order valence-corrected chi connectivity index (χ4v) is 4.83. The first kappa shape index (κ1) is 33.4. The zero-order chi connectivity index (χ0) is 32.0. The second-order valence-electron chi connectivity index (χ2n) is 10.4. The number of allylic oxidation sites excluding steroid dienone is 1.